The van der Waals surface area contributed by atoms with Gasteiger partial charge in [-0.25, -0.2) is 0 Å². The number of ether oxygens (including phenoxy) is 2. The smallest absolute Gasteiger partial charge is 0.300 e. The number of aromatic hydroxyl groups is 1. The maximum absolute atomic E-state index is 13.2. The zero-order valence-corrected chi connectivity index (χ0v) is 18.5. The largest absolute Gasteiger partial charge is 0.508 e. The molecule has 1 saturated heterocycles. The van der Waals surface area contributed by atoms with Gasteiger partial charge in [0.2, 0.25) is 0 Å². The lowest BCUT2D eigenvalue weighted by Crippen LogP contribution is -2.29. The Morgan fingerprint density at radius 3 is 2.33 bits per heavy atom. The van der Waals surface area contributed by atoms with Gasteiger partial charge in [0.05, 0.1) is 25.8 Å². The molecule has 3 aromatic carbocycles. The number of carbonyl (C=O) groups excluding carboxylic acids is 2. The number of methoxy groups -OCH3 is 2. The molecular weight excluding hydrogens is 446 g/mol. The lowest BCUT2D eigenvalue weighted by Gasteiger charge is -2.25. The van der Waals surface area contributed by atoms with Crippen molar-refractivity contribution in [2.24, 2.45) is 0 Å². The average molecular weight is 466 g/mol. The molecule has 4 rings (SSSR count). The quantitative estimate of drug-likeness (QED) is 0.322. The maximum atomic E-state index is 13.2. The molecule has 7 nitrogen and oxygen atoms in total. The van der Waals surface area contributed by atoms with E-state index in [2.05, 4.69) is 0 Å². The summed E-state index contributed by atoms with van der Waals surface area (Å²) in [6.07, 6.45) is 0. The molecular formula is C25H20ClNO6. The van der Waals surface area contributed by atoms with Crippen molar-refractivity contribution >= 4 is 34.7 Å². The predicted molar refractivity (Wildman–Crippen MR) is 124 cm³/mol. The van der Waals surface area contributed by atoms with E-state index in [9.17, 15) is 19.8 Å². The first kappa shape index (κ1) is 22.2. The number of Topliss-reactive ketones (excluding diaryl/α,β-unsaturated/α-hetero) is 1. The summed E-state index contributed by atoms with van der Waals surface area (Å²) in [5, 5.41) is 21.6. The minimum atomic E-state index is -0.997. The second-order valence-corrected chi connectivity index (χ2v) is 7.75. The first-order valence-corrected chi connectivity index (χ1v) is 10.3. The SMILES string of the molecule is COc1ccc(/C(O)=C2\C(=O)C(=O)N(c3cccc(Cl)c3)C2c2cccc(O)c2)cc1OC. The number of aliphatic hydroxyl groups excluding tert-OH is 1. The van der Waals surface area contributed by atoms with Gasteiger partial charge in [-0.2, -0.15) is 0 Å². The van der Waals surface area contributed by atoms with E-state index < -0.39 is 17.7 Å². The number of carbonyl (C=O) groups is 2. The van der Waals surface area contributed by atoms with E-state index in [-0.39, 0.29) is 22.6 Å². The summed E-state index contributed by atoms with van der Waals surface area (Å²) in [6, 6.07) is 16.3. The maximum Gasteiger partial charge on any atom is 0.300 e. The van der Waals surface area contributed by atoms with Crippen molar-refractivity contribution in [1.82, 2.24) is 0 Å². The highest BCUT2D eigenvalue weighted by Crippen LogP contribution is 2.43. The molecule has 0 saturated carbocycles. The second-order valence-electron chi connectivity index (χ2n) is 7.31. The zero-order chi connectivity index (χ0) is 23.7. The number of ketones is 1. The van der Waals surface area contributed by atoms with Crippen LogP contribution in [0.1, 0.15) is 17.2 Å². The highest BCUT2D eigenvalue weighted by atomic mass is 35.5. The minimum absolute atomic E-state index is 0.0460. The summed E-state index contributed by atoms with van der Waals surface area (Å²) in [7, 11) is 2.93. The van der Waals surface area contributed by atoms with Crippen LogP contribution in [-0.2, 0) is 9.59 Å². The van der Waals surface area contributed by atoms with Crippen molar-refractivity contribution < 1.29 is 29.3 Å². The molecule has 0 bridgehead atoms. The van der Waals surface area contributed by atoms with Gasteiger partial charge in [-0.3, -0.25) is 14.5 Å². The number of phenols is 1. The van der Waals surface area contributed by atoms with E-state index in [0.717, 1.165) is 0 Å². The van der Waals surface area contributed by atoms with E-state index in [4.69, 9.17) is 21.1 Å². The lowest BCUT2D eigenvalue weighted by atomic mass is 9.95. The standard InChI is InChI=1S/C25H20ClNO6/c1-32-19-10-9-15(12-20(19)33-2)23(29)21-22(14-5-3-8-18(28)11-14)27(25(31)24(21)30)17-7-4-6-16(26)13-17/h3-13,22,28-29H,1-2H3/b23-21+. The fraction of sp³-hybridized carbons (Fsp3) is 0.120. The normalized spacial score (nSPS) is 17.3. The molecule has 1 unspecified atom stereocenters. The second kappa shape index (κ2) is 8.88. The van der Waals surface area contributed by atoms with Crippen molar-refractivity contribution in [3.05, 3.63) is 88.5 Å². The summed E-state index contributed by atoms with van der Waals surface area (Å²) in [4.78, 5) is 27.6. The topological polar surface area (TPSA) is 96.3 Å². The van der Waals surface area contributed by atoms with Gasteiger partial charge in [-0.05, 0) is 54.1 Å². The third-order valence-corrected chi connectivity index (χ3v) is 5.61. The number of amides is 1. The molecule has 1 fully saturated rings. The van der Waals surface area contributed by atoms with Gasteiger partial charge in [-0.15, -0.1) is 0 Å². The van der Waals surface area contributed by atoms with E-state index in [1.807, 2.05) is 0 Å². The van der Waals surface area contributed by atoms with Crippen LogP contribution >= 0.6 is 11.6 Å². The zero-order valence-electron chi connectivity index (χ0n) is 17.8. The van der Waals surface area contributed by atoms with Crippen molar-refractivity contribution in [3.8, 4) is 17.2 Å². The molecule has 0 radical (unpaired) electrons. The van der Waals surface area contributed by atoms with Gasteiger partial charge in [0, 0.05) is 16.3 Å². The molecule has 168 valence electrons. The summed E-state index contributed by atoms with van der Waals surface area (Å²) in [5.41, 5.74) is 0.959. The molecule has 8 heteroatoms. The number of anilines is 1. The molecule has 1 heterocycles. The van der Waals surface area contributed by atoms with Gasteiger partial charge in [-0.1, -0.05) is 29.8 Å². The molecule has 1 aliphatic heterocycles. The van der Waals surface area contributed by atoms with Crippen molar-refractivity contribution in [2.75, 3.05) is 19.1 Å². The Balaban J connectivity index is 1.95. The van der Waals surface area contributed by atoms with Gasteiger partial charge in [0.1, 0.15) is 11.5 Å². The molecule has 3 aromatic rings. The summed E-state index contributed by atoms with van der Waals surface area (Å²) in [5.74, 6) is -1.33. The van der Waals surface area contributed by atoms with Crippen LogP contribution in [0.3, 0.4) is 0 Å². The lowest BCUT2D eigenvalue weighted by molar-refractivity contribution is -0.132. The van der Waals surface area contributed by atoms with E-state index in [1.165, 1.54) is 37.3 Å². The molecule has 33 heavy (non-hydrogen) atoms. The fourth-order valence-corrected chi connectivity index (χ4v) is 4.06. The van der Waals surface area contributed by atoms with Crippen LogP contribution in [0.4, 0.5) is 5.69 Å². The predicted octanol–water partition coefficient (Wildman–Crippen LogP) is 4.69. The van der Waals surface area contributed by atoms with E-state index in [0.29, 0.717) is 27.8 Å². The van der Waals surface area contributed by atoms with E-state index in [1.54, 1.807) is 48.5 Å². The van der Waals surface area contributed by atoms with Crippen LogP contribution in [-0.4, -0.2) is 36.1 Å². The van der Waals surface area contributed by atoms with Crippen LogP contribution < -0.4 is 14.4 Å². The summed E-state index contributed by atoms with van der Waals surface area (Å²) in [6.45, 7) is 0. The van der Waals surface area contributed by atoms with E-state index >= 15 is 0 Å². The van der Waals surface area contributed by atoms with Gasteiger partial charge >= 0.3 is 0 Å². The number of halogens is 1. The fourth-order valence-electron chi connectivity index (χ4n) is 3.87. The van der Waals surface area contributed by atoms with Gasteiger partial charge < -0.3 is 19.7 Å². The number of benzene rings is 3. The van der Waals surface area contributed by atoms with Crippen LogP contribution in [0, 0.1) is 0 Å². The summed E-state index contributed by atoms with van der Waals surface area (Å²) >= 11 is 6.13. The van der Waals surface area contributed by atoms with Gasteiger partial charge in [0.15, 0.2) is 11.5 Å². The highest BCUT2D eigenvalue weighted by Gasteiger charge is 2.47. The Morgan fingerprint density at radius 1 is 0.939 bits per heavy atom. The van der Waals surface area contributed by atoms with Gasteiger partial charge in [0.25, 0.3) is 11.7 Å². The molecule has 0 spiro atoms. The van der Waals surface area contributed by atoms with Crippen LogP contribution in [0.2, 0.25) is 5.02 Å². The van der Waals surface area contributed by atoms with Crippen LogP contribution in [0.25, 0.3) is 5.76 Å². The average Bonchev–Trinajstić information content (AvgIpc) is 3.08. The Morgan fingerprint density at radius 2 is 1.67 bits per heavy atom. The number of hydrogen-bond donors (Lipinski definition) is 2. The Labute approximate surface area is 195 Å². The number of nitrogens with zero attached hydrogens (tertiary/aromatic N) is 1. The molecule has 1 atom stereocenters. The minimum Gasteiger partial charge on any atom is -0.508 e. The highest BCUT2D eigenvalue weighted by molar-refractivity contribution is 6.51. The molecule has 1 aliphatic rings. The molecule has 1 amide bonds. The molecule has 2 N–H and O–H groups in total. The monoisotopic (exact) mass is 465 g/mol. The third-order valence-electron chi connectivity index (χ3n) is 5.37. The molecule has 0 aliphatic carbocycles. The van der Waals surface area contributed by atoms with Crippen molar-refractivity contribution in [3.63, 3.8) is 0 Å². The number of phenolic OH excluding ortho intramolecular Hbond substituents is 1. The summed E-state index contributed by atoms with van der Waals surface area (Å²) < 4.78 is 10.5. The Bertz CT molecular complexity index is 1290. The number of hydrogen-bond acceptors (Lipinski definition) is 6. The first-order chi connectivity index (χ1) is 15.8. The van der Waals surface area contributed by atoms with Crippen molar-refractivity contribution in [2.45, 2.75) is 6.04 Å². The van der Waals surface area contributed by atoms with Crippen LogP contribution in [0.5, 0.6) is 17.2 Å². The Kier molecular flexibility index (Phi) is 5.98. The molecule has 0 aromatic heterocycles. The number of aliphatic hydroxyl groups is 1. The Hall–Kier alpha value is -3.97. The third kappa shape index (κ3) is 3.99. The van der Waals surface area contributed by atoms with Crippen molar-refractivity contribution in [1.29, 1.82) is 0 Å². The van der Waals surface area contributed by atoms with Crippen LogP contribution in [0.15, 0.2) is 72.3 Å². The number of rotatable bonds is 5. The first-order valence-electron chi connectivity index (χ1n) is 9.93.